The Labute approximate surface area is 96.1 Å². The van der Waals surface area contributed by atoms with Gasteiger partial charge in [-0.25, -0.2) is 4.98 Å². The van der Waals surface area contributed by atoms with Crippen molar-refractivity contribution in [3.63, 3.8) is 0 Å². The molecule has 0 bridgehead atoms. The van der Waals surface area contributed by atoms with E-state index >= 15 is 0 Å². The molecule has 0 saturated heterocycles. The highest BCUT2D eigenvalue weighted by atomic mass is 15.0. The summed E-state index contributed by atoms with van der Waals surface area (Å²) in [5.74, 6) is 0.953. The van der Waals surface area contributed by atoms with Crippen molar-refractivity contribution in [3.05, 3.63) is 42.2 Å². The Balaban J connectivity index is 2.24. The zero-order valence-electron chi connectivity index (χ0n) is 9.77. The highest BCUT2D eigenvalue weighted by Gasteiger charge is 2.06. The lowest BCUT2D eigenvalue weighted by Crippen LogP contribution is -2.15. The summed E-state index contributed by atoms with van der Waals surface area (Å²) >= 11 is 0. The summed E-state index contributed by atoms with van der Waals surface area (Å²) in [4.78, 5) is 9.66. The van der Waals surface area contributed by atoms with Gasteiger partial charge in [-0.1, -0.05) is 24.3 Å². The van der Waals surface area contributed by atoms with E-state index in [1.165, 1.54) is 11.1 Å². The minimum Gasteiger partial charge on any atom is -0.345 e. The maximum Gasteiger partial charge on any atom is 0.137 e. The van der Waals surface area contributed by atoms with Gasteiger partial charge in [-0.15, -0.1) is 0 Å². The van der Waals surface area contributed by atoms with Crippen molar-refractivity contribution in [3.8, 4) is 11.4 Å². The molecule has 1 heterocycles. The fourth-order valence-corrected chi connectivity index (χ4v) is 1.73. The number of rotatable bonds is 4. The highest BCUT2D eigenvalue weighted by molar-refractivity contribution is 5.60. The van der Waals surface area contributed by atoms with E-state index < -0.39 is 0 Å². The van der Waals surface area contributed by atoms with Crippen molar-refractivity contribution in [1.82, 2.24) is 14.9 Å². The van der Waals surface area contributed by atoms with E-state index in [9.17, 15) is 0 Å². The molecule has 0 aliphatic carbocycles. The monoisotopic (exact) mass is 215 g/mol. The zero-order chi connectivity index (χ0) is 11.4. The molecule has 0 unspecified atom stereocenters. The lowest BCUT2D eigenvalue weighted by molar-refractivity contribution is 0.414. The Morgan fingerprint density at radius 2 is 2.06 bits per heavy atom. The van der Waals surface area contributed by atoms with E-state index in [0.717, 1.165) is 18.8 Å². The molecule has 16 heavy (non-hydrogen) atoms. The quantitative estimate of drug-likeness (QED) is 0.847. The van der Waals surface area contributed by atoms with E-state index in [4.69, 9.17) is 0 Å². The van der Waals surface area contributed by atoms with Crippen LogP contribution in [0.15, 0.2) is 36.7 Å². The molecule has 3 nitrogen and oxygen atoms in total. The number of aromatic nitrogens is 2. The second kappa shape index (κ2) is 4.94. The van der Waals surface area contributed by atoms with Crippen LogP contribution in [0.2, 0.25) is 0 Å². The van der Waals surface area contributed by atoms with Gasteiger partial charge in [-0.05, 0) is 26.1 Å². The largest absolute Gasteiger partial charge is 0.345 e. The third-order valence-corrected chi connectivity index (χ3v) is 2.60. The van der Waals surface area contributed by atoms with Gasteiger partial charge in [0.2, 0.25) is 0 Å². The molecule has 1 aromatic heterocycles. The number of hydrogen-bond acceptors (Lipinski definition) is 2. The van der Waals surface area contributed by atoms with Gasteiger partial charge in [0, 0.05) is 24.5 Å². The summed E-state index contributed by atoms with van der Waals surface area (Å²) in [6.45, 7) is 1.05. The number of benzene rings is 1. The van der Waals surface area contributed by atoms with Crippen LogP contribution in [0.25, 0.3) is 11.4 Å². The van der Waals surface area contributed by atoms with E-state index in [-0.39, 0.29) is 0 Å². The molecule has 0 atom stereocenters. The number of nitrogens with one attached hydrogen (secondary N) is 1. The molecule has 0 radical (unpaired) electrons. The summed E-state index contributed by atoms with van der Waals surface area (Å²) in [6, 6.07) is 8.42. The number of hydrogen-bond donors (Lipinski definition) is 1. The summed E-state index contributed by atoms with van der Waals surface area (Å²) in [5.41, 5.74) is 2.54. The Morgan fingerprint density at radius 3 is 2.75 bits per heavy atom. The van der Waals surface area contributed by atoms with E-state index in [0.29, 0.717) is 0 Å². The molecule has 0 fully saturated rings. The number of imidazole rings is 1. The first-order valence-corrected chi connectivity index (χ1v) is 5.50. The van der Waals surface area contributed by atoms with Gasteiger partial charge in [-0.3, -0.25) is 0 Å². The van der Waals surface area contributed by atoms with Crippen LogP contribution in [0, 0.1) is 0 Å². The average Bonchev–Trinajstić information content (AvgIpc) is 2.80. The third-order valence-electron chi connectivity index (χ3n) is 2.60. The van der Waals surface area contributed by atoms with Gasteiger partial charge in [0.25, 0.3) is 0 Å². The lowest BCUT2D eigenvalue weighted by atomic mass is 10.0. The first kappa shape index (κ1) is 10.9. The standard InChI is InChI=1S/C13H17N3/c1-16(2)10-7-11-5-3-4-6-12(11)13-14-8-9-15-13/h3-6,8-9H,7,10H2,1-2H3,(H,14,15). The van der Waals surface area contributed by atoms with Crippen LogP contribution < -0.4 is 0 Å². The molecule has 0 aliphatic rings. The molecular formula is C13H17N3. The number of H-pyrrole nitrogens is 1. The van der Waals surface area contributed by atoms with Crippen molar-refractivity contribution in [2.75, 3.05) is 20.6 Å². The van der Waals surface area contributed by atoms with E-state index in [2.05, 4.69) is 53.2 Å². The fraction of sp³-hybridized carbons (Fsp3) is 0.308. The molecule has 0 aliphatic heterocycles. The third kappa shape index (κ3) is 2.49. The molecule has 1 aromatic carbocycles. The summed E-state index contributed by atoms with van der Waals surface area (Å²) in [5, 5.41) is 0. The Kier molecular flexibility index (Phi) is 3.37. The van der Waals surface area contributed by atoms with Crippen molar-refractivity contribution < 1.29 is 0 Å². The predicted octanol–water partition coefficient (Wildman–Crippen LogP) is 2.18. The second-order valence-corrected chi connectivity index (χ2v) is 4.15. The molecule has 0 amide bonds. The number of aromatic amines is 1. The van der Waals surface area contributed by atoms with E-state index in [1.54, 1.807) is 6.20 Å². The molecule has 0 spiro atoms. The fourth-order valence-electron chi connectivity index (χ4n) is 1.73. The smallest absolute Gasteiger partial charge is 0.137 e. The van der Waals surface area contributed by atoms with Crippen molar-refractivity contribution in [2.24, 2.45) is 0 Å². The van der Waals surface area contributed by atoms with Crippen molar-refractivity contribution >= 4 is 0 Å². The topological polar surface area (TPSA) is 31.9 Å². The Hall–Kier alpha value is -1.61. The van der Waals surface area contributed by atoms with Gasteiger partial charge in [0.15, 0.2) is 0 Å². The minimum atomic E-state index is 0.953. The van der Waals surface area contributed by atoms with Crippen LogP contribution in [0.3, 0.4) is 0 Å². The van der Waals surface area contributed by atoms with Crippen molar-refractivity contribution in [1.29, 1.82) is 0 Å². The summed E-state index contributed by atoms with van der Waals surface area (Å²) < 4.78 is 0. The summed E-state index contributed by atoms with van der Waals surface area (Å²) in [7, 11) is 4.19. The molecule has 3 heteroatoms. The lowest BCUT2D eigenvalue weighted by Gasteiger charge is -2.11. The number of likely N-dealkylation sites (N-methyl/N-ethyl adjacent to an activating group) is 1. The maximum absolute atomic E-state index is 4.31. The molecule has 1 N–H and O–H groups in total. The van der Waals surface area contributed by atoms with Gasteiger partial charge < -0.3 is 9.88 Å². The van der Waals surface area contributed by atoms with Crippen LogP contribution in [-0.4, -0.2) is 35.5 Å². The second-order valence-electron chi connectivity index (χ2n) is 4.15. The van der Waals surface area contributed by atoms with Crippen LogP contribution >= 0.6 is 0 Å². The normalized spacial score (nSPS) is 10.9. The Morgan fingerprint density at radius 1 is 1.25 bits per heavy atom. The molecular weight excluding hydrogens is 198 g/mol. The van der Waals surface area contributed by atoms with Gasteiger partial charge >= 0.3 is 0 Å². The molecule has 0 saturated carbocycles. The van der Waals surface area contributed by atoms with Crippen LogP contribution in [0.4, 0.5) is 0 Å². The predicted molar refractivity (Wildman–Crippen MR) is 66.3 cm³/mol. The maximum atomic E-state index is 4.31. The SMILES string of the molecule is CN(C)CCc1ccccc1-c1ncc[nH]1. The zero-order valence-corrected chi connectivity index (χ0v) is 9.77. The highest BCUT2D eigenvalue weighted by Crippen LogP contribution is 2.20. The number of nitrogens with zero attached hydrogens (tertiary/aromatic N) is 2. The first-order chi connectivity index (χ1) is 7.77. The average molecular weight is 215 g/mol. The van der Waals surface area contributed by atoms with Crippen molar-refractivity contribution in [2.45, 2.75) is 6.42 Å². The van der Waals surface area contributed by atoms with Crippen LogP contribution in [-0.2, 0) is 6.42 Å². The van der Waals surface area contributed by atoms with Gasteiger partial charge in [0.1, 0.15) is 5.82 Å². The van der Waals surface area contributed by atoms with Crippen LogP contribution in [0.1, 0.15) is 5.56 Å². The minimum absolute atomic E-state index is 0.953. The van der Waals surface area contributed by atoms with E-state index in [1.807, 2.05) is 6.20 Å². The molecule has 2 rings (SSSR count). The molecule has 84 valence electrons. The first-order valence-electron chi connectivity index (χ1n) is 5.50. The van der Waals surface area contributed by atoms with Crippen LogP contribution in [0.5, 0.6) is 0 Å². The van der Waals surface area contributed by atoms with Gasteiger partial charge in [0.05, 0.1) is 0 Å². The Bertz CT molecular complexity index is 432. The summed E-state index contributed by atoms with van der Waals surface area (Å²) in [6.07, 6.45) is 4.69. The molecule has 2 aromatic rings. The van der Waals surface area contributed by atoms with Gasteiger partial charge in [-0.2, -0.15) is 0 Å².